The van der Waals surface area contributed by atoms with Crippen LogP contribution in [0.3, 0.4) is 0 Å². The summed E-state index contributed by atoms with van der Waals surface area (Å²) in [5.74, 6) is 0.461. The number of hydrogen-bond donors (Lipinski definition) is 2. The van der Waals surface area contributed by atoms with Gasteiger partial charge in [0.15, 0.2) is 0 Å². The van der Waals surface area contributed by atoms with Gasteiger partial charge in [-0.05, 0) is 49.7 Å². The van der Waals surface area contributed by atoms with Crippen LogP contribution in [0.1, 0.15) is 18.4 Å². The number of ether oxygens (including phenoxy) is 1. The predicted molar refractivity (Wildman–Crippen MR) is 122 cm³/mol. The summed E-state index contributed by atoms with van der Waals surface area (Å²) < 4.78 is 32.5. The lowest BCUT2D eigenvalue weighted by molar-refractivity contribution is -0.124. The number of anilines is 2. The van der Waals surface area contributed by atoms with Crippen molar-refractivity contribution < 1.29 is 17.9 Å². The van der Waals surface area contributed by atoms with Crippen LogP contribution in [0.15, 0.2) is 47.5 Å². The van der Waals surface area contributed by atoms with E-state index >= 15 is 0 Å². The molecule has 2 aromatic rings. The van der Waals surface area contributed by atoms with Crippen molar-refractivity contribution >= 4 is 27.4 Å². The third kappa shape index (κ3) is 5.44. The summed E-state index contributed by atoms with van der Waals surface area (Å²) in [5.41, 5.74) is 1.68. The Morgan fingerprint density at radius 1 is 1.19 bits per heavy atom. The minimum atomic E-state index is -3.53. The van der Waals surface area contributed by atoms with Gasteiger partial charge in [-0.1, -0.05) is 12.1 Å². The maximum Gasteiger partial charge on any atom is 0.253 e. The first-order chi connectivity index (χ1) is 15.4. The second kappa shape index (κ2) is 9.95. The van der Waals surface area contributed by atoms with Crippen LogP contribution in [-0.2, 0) is 26.1 Å². The van der Waals surface area contributed by atoms with Crippen molar-refractivity contribution in [2.75, 3.05) is 50.5 Å². The highest BCUT2D eigenvalue weighted by Gasteiger charge is 2.27. The van der Waals surface area contributed by atoms with Crippen LogP contribution in [0.25, 0.3) is 0 Å². The maximum absolute atomic E-state index is 12.8. The van der Waals surface area contributed by atoms with Crippen molar-refractivity contribution in [1.29, 1.82) is 0 Å². The van der Waals surface area contributed by atoms with Crippen molar-refractivity contribution in [3.8, 4) is 0 Å². The first-order valence-electron chi connectivity index (χ1n) is 10.8. The fourth-order valence-corrected chi connectivity index (χ4v) is 5.14. The van der Waals surface area contributed by atoms with E-state index in [1.165, 1.54) is 10.5 Å². The number of amides is 1. The molecule has 2 aliphatic heterocycles. The van der Waals surface area contributed by atoms with Crippen molar-refractivity contribution in [3.05, 3.63) is 48.2 Å². The molecule has 2 fully saturated rings. The Labute approximate surface area is 188 Å². The Morgan fingerprint density at radius 2 is 2.00 bits per heavy atom. The van der Waals surface area contributed by atoms with E-state index in [9.17, 15) is 13.2 Å². The summed E-state index contributed by atoms with van der Waals surface area (Å²) in [4.78, 5) is 18.8. The van der Waals surface area contributed by atoms with Crippen LogP contribution in [-0.4, -0.2) is 74.5 Å². The third-order valence-electron chi connectivity index (χ3n) is 5.73. The molecule has 1 unspecified atom stereocenters. The van der Waals surface area contributed by atoms with Crippen molar-refractivity contribution in [2.45, 2.75) is 30.4 Å². The quantitative estimate of drug-likeness (QED) is 0.650. The molecule has 2 saturated heterocycles. The van der Waals surface area contributed by atoms with Crippen molar-refractivity contribution in [3.63, 3.8) is 0 Å². The van der Waals surface area contributed by atoms with Gasteiger partial charge in [-0.2, -0.15) is 4.31 Å². The van der Waals surface area contributed by atoms with Gasteiger partial charge in [0.25, 0.3) is 5.91 Å². The van der Waals surface area contributed by atoms with Crippen LogP contribution >= 0.6 is 0 Å². The molecule has 10 heteroatoms. The molecule has 0 aliphatic carbocycles. The van der Waals surface area contributed by atoms with E-state index < -0.39 is 10.0 Å². The van der Waals surface area contributed by atoms with Gasteiger partial charge in [-0.3, -0.25) is 4.79 Å². The SMILES string of the molecule is CN1CCN(S(=O)(=O)c2ccc(NCc3cccc(NC(=O)C4CCCO4)c3)nc2)CC1. The van der Waals surface area contributed by atoms with Crippen LogP contribution < -0.4 is 10.6 Å². The van der Waals surface area contributed by atoms with Crippen LogP contribution in [0.4, 0.5) is 11.5 Å². The molecule has 3 heterocycles. The molecule has 0 bridgehead atoms. The normalized spacial score (nSPS) is 20.2. The van der Waals surface area contributed by atoms with E-state index in [1.807, 2.05) is 31.3 Å². The Kier molecular flexibility index (Phi) is 7.04. The number of carbonyl (C=O) groups excluding carboxylic acids is 1. The summed E-state index contributed by atoms with van der Waals surface area (Å²) in [6.45, 7) is 3.53. The summed E-state index contributed by atoms with van der Waals surface area (Å²) in [6, 6.07) is 10.8. The number of carbonyl (C=O) groups is 1. The number of benzene rings is 1. The molecular formula is C22H29N5O4S. The van der Waals surface area contributed by atoms with Crippen LogP contribution in [0, 0.1) is 0 Å². The first-order valence-corrected chi connectivity index (χ1v) is 12.3. The highest BCUT2D eigenvalue weighted by Crippen LogP contribution is 2.19. The molecule has 2 aliphatic rings. The topological polar surface area (TPSA) is 104 Å². The molecule has 1 aromatic carbocycles. The largest absolute Gasteiger partial charge is 0.368 e. The predicted octanol–water partition coefficient (Wildman–Crippen LogP) is 1.75. The first kappa shape index (κ1) is 22.7. The molecule has 0 spiro atoms. The van der Waals surface area contributed by atoms with Crippen LogP contribution in [0.2, 0.25) is 0 Å². The smallest absolute Gasteiger partial charge is 0.253 e. The van der Waals surface area contributed by atoms with Gasteiger partial charge in [0.05, 0.1) is 0 Å². The zero-order valence-electron chi connectivity index (χ0n) is 18.2. The van der Waals surface area contributed by atoms with Crippen LogP contribution in [0.5, 0.6) is 0 Å². The summed E-state index contributed by atoms with van der Waals surface area (Å²) in [5, 5.41) is 6.10. The van der Waals surface area contributed by atoms with E-state index in [-0.39, 0.29) is 16.9 Å². The van der Waals surface area contributed by atoms with Gasteiger partial charge in [0, 0.05) is 51.2 Å². The van der Waals surface area contributed by atoms with Crippen molar-refractivity contribution in [2.24, 2.45) is 0 Å². The molecule has 9 nitrogen and oxygen atoms in total. The Hall–Kier alpha value is -2.53. The summed E-state index contributed by atoms with van der Waals surface area (Å²) >= 11 is 0. The monoisotopic (exact) mass is 459 g/mol. The van der Waals surface area contributed by atoms with Gasteiger partial charge >= 0.3 is 0 Å². The number of aromatic nitrogens is 1. The van der Waals surface area contributed by atoms with E-state index in [4.69, 9.17) is 4.74 Å². The maximum atomic E-state index is 12.8. The second-order valence-corrected chi connectivity index (χ2v) is 10.1. The van der Waals surface area contributed by atoms with Gasteiger partial charge in [0.2, 0.25) is 10.0 Å². The average Bonchev–Trinajstić information content (AvgIpc) is 3.34. The number of nitrogens with one attached hydrogen (secondary N) is 2. The molecular weight excluding hydrogens is 430 g/mol. The van der Waals surface area contributed by atoms with E-state index in [0.717, 1.165) is 31.5 Å². The lowest BCUT2D eigenvalue weighted by Gasteiger charge is -2.31. The molecule has 0 saturated carbocycles. The molecule has 2 N–H and O–H groups in total. The molecule has 1 amide bonds. The number of piperazine rings is 1. The summed E-state index contributed by atoms with van der Waals surface area (Å²) in [7, 11) is -1.54. The third-order valence-corrected chi connectivity index (χ3v) is 7.61. The minimum absolute atomic E-state index is 0.119. The van der Waals surface area contributed by atoms with Gasteiger partial charge in [0.1, 0.15) is 16.8 Å². The number of hydrogen-bond acceptors (Lipinski definition) is 7. The molecule has 32 heavy (non-hydrogen) atoms. The summed E-state index contributed by atoms with van der Waals surface area (Å²) in [6.07, 6.45) is 2.68. The Balaban J connectivity index is 1.34. The standard InChI is InChI=1S/C22H29N5O4S/c1-26-9-11-27(12-10-26)32(29,30)19-7-8-21(24-16-19)23-15-17-4-2-5-18(14-17)25-22(28)20-6-3-13-31-20/h2,4-5,7-8,14,16,20H,3,6,9-13,15H2,1H3,(H,23,24)(H,25,28). The molecule has 4 rings (SSSR count). The molecule has 1 aromatic heterocycles. The van der Waals surface area contributed by atoms with E-state index in [1.54, 1.807) is 12.1 Å². The zero-order chi connectivity index (χ0) is 22.6. The molecule has 1 atom stereocenters. The minimum Gasteiger partial charge on any atom is -0.368 e. The highest BCUT2D eigenvalue weighted by atomic mass is 32.2. The van der Waals surface area contributed by atoms with Gasteiger partial charge < -0.3 is 20.3 Å². The highest BCUT2D eigenvalue weighted by molar-refractivity contribution is 7.89. The number of rotatable bonds is 7. The van der Waals surface area contributed by atoms with E-state index in [0.29, 0.717) is 37.7 Å². The fourth-order valence-electron chi connectivity index (χ4n) is 3.77. The number of pyridine rings is 1. The number of nitrogens with zero attached hydrogens (tertiary/aromatic N) is 3. The number of sulfonamides is 1. The Bertz CT molecular complexity index is 1030. The second-order valence-electron chi connectivity index (χ2n) is 8.13. The lowest BCUT2D eigenvalue weighted by Crippen LogP contribution is -2.47. The Morgan fingerprint density at radius 3 is 2.69 bits per heavy atom. The fraction of sp³-hybridized carbons (Fsp3) is 0.455. The lowest BCUT2D eigenvalue weighted by atomic mass is 10.2. The molecule has 0 radical (unpaired) electrons. The van der Waals surface area contributed by atoms with Gasteiger partial charge in [-0.15, -0.1) is 0 Å². The van der Waals surface area contributed by atoms with E-state index in [2.05, 4.69) is 20.5 Å². The average molecular weight is 460 g/mol. The zero-order valence-corrected chi connectivity index (χ0v) is 19.0. The van der Waals surface area contributed by atoms with Crippen molar-refractivity contribution in [1.82, 2.24) is 14.2 Å². The number of likely N-dealkylation sites (N-methyl/N-ethyl adjacent to an activating group) is 1. The molecule has 172 valence electrons. The van der Waals surface area contributed by atoms with Gasteiger partial charge in [-0.25, -0.2) is 13.4 Å².